The number of benzene rings is 1. The van der Waals surface area contributed by atoms with E-state index in [0.717, 1.165) is 25.8 Å². The van der Waals surface area contributed by atoms with Gasteiger partial charge in [-0.2, -0.15) is 0 Å². The molecule has 0 saturated heterocycles. The summed E-state index contributed by atoms with van der Waals surface area (Å²) in [6.45, 7) is 2.88. The molecule has 1 aromatic carbocycles. The molecule has 1 saturated carbocycles. The molecule has 1 aliphatic rings. The van der Waals surface area contributed by atoms with Crippen molar-refractivity contribution in [2.24, 2.45) is 11.7 Å². The largest absolute Gasteiger partial charge is 0.393 e. The maximum absolute atomic E-state index is 14.1. The van der Waals surface area contributed by atoms with Crippen LogP contribution in [0.15, 0.2) is 24.3 Å². The van der Waals surface area contributed by atoms with E-state index in [0.29, 0.717) is 11.5 Å². The van der Waals surface area contributed by atoms with E-state index in [4.69, 9.17) is 5.73 Å². The smallest absolute Gasteiger partial charge is 0.128 e. The molecule has 0 aliphatic heterocycles. The average molecular weight is 280 g/mol. The van der Waals surface area contributed by atoms with E-state index in [-0.39, 0.29) is 24.0 Å². The Bertz CT molecular complexity index is 434. The Labute approximate surface area is 120 Å². The minimum atomic E-state index is -0.193. The third-order valence-corrected chi connectivity index (χ3v) is 4.33. The van der Waals surface area contributed by atoms with E-state index >= 15 is 0 Å². The standard InChI is InChI=1S/C16H25FN2O/c1-3-15(18)16(13-6-4-5-7-14(13)17)19(2)10-11-8-12(20)9-11/h4-7,11-12,15-16,20H,3,8-10,18H2,1-2H3. The van der Waals surface area contributed by atoms with Gasteiger partial charge in [0.15, 0.2) is 0 Å². The maximum Gasteiger partial charge on any atom is 0.128 e. The number of hydrogen-bond donors (Lipinski definition) is 2. The van der Waals surface area contributed by atoms with E-state index in [9.17, 15) is 9.50 Å². The number of aliphatic hydroxyl groups excluding tert-OH is 1. The third kappa shape index (κ3) is 3.37. The van der Waals surface area contributed by atoms with Gasteiger partial charge >= 0.3 is 0 Å². The lowest BCUT2D eigenvalue weighted by atomic mass is 9.81. The van der Waals surface area contributed by atoms with Crippen molar-refractivity contribution < 1.29 is 9.50 Å². The van der Waals surface area contributed by atoms with Gasteiger partial charge in [0.1, 0.15) is 5.82 Å². The molecule has 4 heteroatoms. The van der Waals surface area contributed by atoms with Gasteiger partial charge in [0.2, 0.25) is 0 Å². The molecule has 2 unspecified atom stereocenters. The van der Waals surface area contributed by atoms with Crippen LogP contribution in [0.3, 0.4) is 0 Å². The highest BCUT2D eigenvalue weighted by atomic mass is 19.1. The minimum Gasteiger partial charge on any atom is -0.393 e. The molecule has 0 heterocycles. The molecule has 112 valence electrons. The fourth-order valence-corrected chi connectivity index (χ4v) is 3.10. The number of likely N-dealkylation sites (N-methyl/N-ethyl adjacent to an activating group) is 1. The first-order chi connectivity index (χ1) is 9.52. The van der Waals surface area contributed by atoms with Crippen LogP contribution in [0.5, 0.6) is 0 Å². The van der Waals surface area contributed by atoms with Crippen LogP contribution in [-0.4, -0.2) is 35.7 Å². The van der Waals surface area contributed by atoms with E-state index in [2.05, 4.69) is 4.90 Å². The van der Waals surface area contributed by atoms with Crippen molar-refractivity contribution in [3.05, 3.63) is 35.6 Å². The lowest BCUT2D eigenvalue weighted by molar-refractivity contribution is 0.0194. The first kappa shape index (κ1) is 15.4. The van der Waals surface area contributed by atoms with Crippen LogP contribution in [-0.2, 0) is 0 Å². The van der Waals surface area contributed by atoms with E-state index < -0.39 is 0 Å². The monoisotopic (exact) mass is 280 g/mol. The topological polar surface area (TPSA) is 49.5 Å². The Balaban J connectivity index is 2.13. The Morgan fingerprint density at radius 1 is 1.40 bits per heavy atom. The Kier molecular flexibility index (Phi) is 5.13. The van der Waals surface area contributed by atoms with Crippen molar-refractivity contribution >= 4 is 0 Å². The fraction of sp³-hybridized carbons (Fsp3) is 0.625. The lowest BCUT2D eigenvalue weighted by Crippen LogP contribution is -2.44. The van der Waals surface area contributed by atoms with Gasteiger partial charge in [-0.3, -0.25) is 4.90 Å². The zero-order valence-corrected chi connectivity index (χ0v) is 12.3. The highest BCUT2D eigenvalue weighted by molar-refractivity contribution is 5.23. The molecular weight excluding hydrogens is 255 g/mol. The van der Waals surface area contributed by atoms with E-state index in [1.54, 1.807) is 6.07 Å². The van der Waals surface area contributed by atoms with Gasteiger partial charge in [-0.25, -0.2) is 4.39 Å². The molecule has 1 fully saturated rings. The van der Waals surface area contributed by atoms with Gasteiger partial charge in [-0.05, 0) is 38.3 Å². The van der Waals surface area contributed by atoms with Crippen LogP contribution in [0.25, 0.3) is 0 Å². The van der Waals surface area contributed by atoms with Crippen LogP contribution in [0, 0.1) is 11.7 Å². The number of hydrogen-bond acceptors (Lipinski definition) is 3. The minimum absolute atomic E-state index is 0.0955. The fourth-order valence-electron chi connectivity index (χ4n) is 3.10. The molecule has 0 amide bonds. The second-order valence-electron chi connectivity index (χ2n) is 5.97. The number of halogens is 1. The van der Waals surface area contributed by atoms with Crippen LogP contribution in [0.2, 0.25) is 0 Å². The molecule has 3 nitrogen and oxygen atoms in total. The normalized spacial score (nSPS) is 25.3. The predicted molar refractivity (Wildman–Crippen MR) is 78.8 cm³/mol. The zero-order chi connectivity index (χ0) is 14.7. The summed E-state index contributed by atoms with van der Waals surface area (Å²) in [7, 11) is 2.00. The molecular formula is C16H25FN2O. The maximum atomic E-state index is 14.1. The van der Waals surface area contributed by atoms with Gasteiger partial charge < -0.3 is 10.8 Å². The Hall–Kier alpha value is -0.970. The number of aliphatic hydroxyl groups is 1. The number of nitrogens with two attached hydrogens (primary N) is 1. The summed E-state index contributed by atoms with van der Waals surface area (Å²) in [4.78, 5) is 2.14. The van der Waals surface area contributed by atoms with Crippen LogP contribution in [0.4, 0.5) is 4.39 Å². The summed E-state index contributed by atoms with van der Waals surface area (Å²) in [5.74, 6) is 0.301. The Morgan fingerprint density at radius 3 is 2.60 bits per heavy atom. The second-order valence-corrected chi connectivity index (χ2v) is 5.97. The number of nitrogens with zero attached hydrogens (tertiary/aromatic N) is 1. The third-order valence-electron chi connectivity index (χ3n) is 4.33. The van der Waals surface area contributed by atoms with Crippen molar-refractivity contribution in [3.8, 4) is 0 Å². The molecule has 0 bridgehead atoms. The highest BCUT2D eigenvalue weighted by Gasteiger charge is 2.32. The van der Waals surface area contributed by atoms with Crippen molar-refractivity contribution in [2.75, 3.05) is 13.6 Å². The molecule has 0 aromatic heterocycles. The molecule has 1 aliphatic carbocycles. The molecule has 0 spiro atoms. The SMILES string of the molecule is CCC(N)C(c1ccccc1F)N(C)CC1CC(O)C1. The molecule has 2 rings (SSSR count). The first-order valence-electron chi connectivity index (χ1n) is 7.41. The van der Waals surface area contributed by atoms with Gasteiger partial charge in [-0.15, -0.1) is 0 Å². The highest BCUT2D eigenvalue weighted by Crippen LogP contribution is 2.32. The van der Waals surface area contributed by atoms with E-state index in [1.165, 1.54) is 6.07 Å². The van der Waals surface area contributed by atoms with Gasteiger partial charge in [-0.1, -0.05) is 25.1 Å². The summed E-state index contributed by atoms with van der Waals surface area (Å²) in [6.07, 6.45) is 2.34. The number of rotatable bonds is 6. The summed E-state index contributed by atoms with van der Waals surface area (Å²) >= 11 is 0. The molecule has 0 radical (unpaired) electrons. The zero-order valence-electron chi connectivity index (χ0n) is 12.3. The van der Waals surface area contributed by atoms with Crippen LogP contribution in [0.1, 0.15) is 37.8 Å². The van der Waals surface area contributed by atoms with E-state index in [1.807, 2.05) is 26.1 Å². The van der Waals surface area contributed by atoms with Crippen molar-refractivity contribution in [1.82, 2.24) is 4.90 Å². The van der Waals surface area contributed by atoms with Gasteiger partial charge in [0.05, 0.1) is 12.1 Å². The summed E-state index contributed by atoms with van der Waals surface area (Å²) in [6, 6.07) is 6.67. The van der Waals surface area contributed by atoms with Crippen LogP contribution < -0.4 is 5.73 Å². The lowest BCUT2D eigenvalue weighted by Gasteiger charge is -2.39. The quantitative estimate of drug-likeness (QED) is 0.840. The van der Waals surface area contributed by atoms with Crippen LogP contribution >= 0.6 is 0 Å². The van der Waals surface area contributed by atoms with Gasteiger partial charge in [0.25, 0.3) is 0 Å². The molecule has 1 aromatic rings. The summed E-state index contributed by atoms with van der Waals surface area (Å²) < 4.78 is 14.1. The predicted octanol–water partition coefficient (Wildman–Crippen LogP) is 2.31. The Morgan fingerprint density at radius 2 is 2.05 bits per heavy atom. The van der Waals surface area contributed by atoms with Crippen molar-refractivity contribution in [3.63, 3.8) is 0 Å². The summed E-state index contributed by atoms with van der Waals surface area (Å²) in [5, 5.41) is 9.38. The first-order valence-corrected chi connectivity index (χ1v) is 7.41. The molecule has 2 atom stereocenters. The summed E-state index contributed by atoms with van der Waals surface area (Å²) in [5.41, 5.74) is 6.89. The van der Waals surface area contributed by atoms with Crippen molar-refractivity contribution in [1.29, 1.82) is 0 Å². The van der Waals surface area contributed by atoms with Gasteiger partial charge in [0, 0.05) is 18.2 Å². The second kappa shape index (κ2) is 6.66. The average Bonchev–Trinajstić information content (AvgIpc) is 2.39. The molecule has 20 heavy (non-hydrogen) atoms. The molecule has 3 N–H and O–H groups in total. The van der Waals surface area contributed by atoms with Crippen molar-refractivity contribution in [2.45, 2.75) is 44.4 Å².